The summed E-state index contributed by atoms with van der Waals surface area (Å²) < 4.78 is 25.0. The molecule has 0 bridgehead atoms. The second-order valence-electron chi connectivity index (χ2n) is 4.20. The Hall–Kier alpha value is -1.65. The summed E-state index contributed by atoms with van der Waals surface area (Å²) in [5, 5.41) is 5.44. The van der Waals surface area contributed by atoms with E-state index in [0.717, 1.165) is 5.56 Å². The lowest BCUT2D eigenvalue weighted by Crippen LogP contribution is -2.24. The van der Waals surface area contributed by atoms with Crippen LogP contribution < -0.4 is 10.6 Å². The van der Waals surface area contributed by atoms with E-state index in [2.05, 4.69) is 10.6 Å². The smallest absolute Gasteiger partial charge is 0.258 e. The van der Waals surface area contributed by atoms with Gasteiger partial charge in [-0.25, -0.2) is 8.78 Å². The van der Waals surface area contributed by atoms with E-state index in [1.54, 1.807) is 25.1 Å². The molecular formula is C13H18F2N2O. The predicted molar refractivity (Wildman–Crippen MR) is 69.2 cm³/mol. The molecule has 0 fully saturated rings. The first kappa shape index (κ1) is 14.4. The Balaban J connectivity index is 2.84. The number of carbonyl (C=O) groups excluding carboxylic acids is 1. The second kappa shape index (κ2) is 6.33. The Morgan fingerprint density at radius 1 is 1.39 bits per heavy atom. The number of hydrogen-bond acceptors (Lipinski definition) is 2. The van der Waals surface area contributed by atoms with Gasteiger partial charge in [0.25, 0.3) is 6.43 Å². The van der Waals surface area contributed by atoms with E-state index < -0.39 is 12.5 Å². The highest BCUT2D eigenvalue weighted by Crippen LogP contribution is 2.22. The van der Waals surface area contributed by atoms with Crippen LogP contribution >= 0.6 is 0 Å². The zero-order valence-corrected chi connectivity index (χ0v) is 10.8. The fourth-order valence-corrected chi connectivity index (χ4v) is 1.41. The highest BCUT2D eigenvalue weighted by Gasteiger charge is 2.15. The summed E-state index contributed by atoms with van der Waals surface area (Å²) >= 11 is 0. The van der Waals surface area contributed by atoms with E-state index in [9.17, 15) is 13.6 Å². The third-order valence-corrected chi connectivity index (χ3v) is 2.60. The molecule has 0 saturated heterocycles. The van der Waals surface area contributed by atoms with Crippen LogP contribution in [0, 0.1) is 6.92 Å². The lowest BCUT2D eigenvalue weighted by Gasteiger charge is -2.17. The normalized spacial score (nSPS) is 12.3. The van der Waals surface area contributed by atoms with Gasteiger partial charge in [-0.15, -0.1) is 0 Å². The molecular weight excluding hydrogens is 238 g/mol. The van der Waals surface area contributed by atoms with E-state index in [1.165, 1.54) is 6.92 Å². The lowest BCUT2D eigenvalue weighted by atomic mass is 10.1. The summed E-state index contributed by atoms with van der Waals surface area (Å²) in [4.78, 5) is 11.3. The van der Waals surface area contributed by atoms with Crippen LogP contribution in [0.1, 0.15) is 25.8 Å². The van der Waals surface area contributed by atoms with Gasteiger partial charge in [0, 0.05) is 17.8 Å². The van der Waals surface area contributed by atoms with E-state index in [0.29, 0.717) is 17.8 Å². The number of nitrogens with one attached hydrogen (secondary N) is 2. The largest absolute Gasteiger partial charge is 0.377 e. The quantitative estimate of drug-likeness (QED) is 0.847. The molecule has 0 aromatic heterocycles. The van der Waals surface area contributed by atoms with Crippen LogP contribution in [0.5, 0.6) is 0 Å². The molecule has 0 spiro atoms. The average molecular weight is 256 g/mol. The Bertz CT molecular complexity index is 421. The minimum Gasteiger partial charge on any atom is -0.377 e. The predicted octanol–water partition coefficient (Wildman–Crippen LogP) is 3.41. The fraction of sp³-hybridized carbons (Fsp3) is 0.462. The maximum absolute atomic E-state index is 12.5. The first-order valence-corrected chi connectivity index (χ1v) is 5.89. The van der Waals surface area contributed by atoms with Gasteiger partial charge in [0.1, 0.15) is 0 Å². The van der Waals surface area contributed by atoms with Crippen molar-refractivity contribution in [1.29, 1.82) is 0 Å². The van der Waals surface area contributed by atoms with Gasteiger partial charge in [-0.3, -0.25) is 4.79 Å². The number of carbonyl (C=O) groups is 1. The summed E-state index contributed by atoms with van der Waals surface area (Å²) in [6.07, 6.45) is -2.05. The van der Waals surface area contributed by atoms with Crippen molar-refractivity contribution in [3.63, 3.8) is 0 Å². The van der Waals surface area contributed by atoms with Crippen molar-refractivity contribution in [3.8, 4) is 0 Å². The SMILES string of the molecule is CCC(=O)Nc1ccc(C)c(NC(C)C(F)F)c1. The summed E-state index contributed by atoms with van der Waals surface area (Å²) in [5.41, 5.74) is 2.07. The number of amides is 1. The summed E-state index contributed by atoms with van der Waals surface area (Å²) in [6.45, 7) is 4.99. The van der Waals surface area contributed by atoms with Gasteiger partial charge < -0.3 is 10.6 Å². The molecule has 0 radical (unpaired) electrons. The molecule has 100 valence electrons. The van der Waals surface area contributed by atoms with Crippen molar-refractivity contribution in [2.75, 3.05) is 10.6 Å². The number of alkyl halides is 2. The molecule has 1 atom stereocenters. The summed E-state index contributed by atoms with van der Waals surface area (Å²) in [5.74, 6) is -0.105. The maximum Gasteiger partial charge on any atom is 0.258 e. The molecule has 3 nitrogen and oxygen atoms in total. The maximum atomic E-state index is 12.5. The van der Waals surface area contributed by atoms with Gasteiger partial charge in [-0.2, -0.15) is 0 Å². The number of rotatable bonds is 5. The average Bonchev–Trinajstić information content (AvgIpc) is 2.33. The molecule has 1 amide bonds. The number of halogens is 2. The minimum atomic E-state index is -2.43. The highest BCUT2D eigenvalue weighted by atomic mass is 19.3. The third kappa shape index (κ3) is 3.98. The Morgan fingerprint density at radius 3 is 2.61 bits per heavy atom. The number of anilines is 2. The lowest BCUT2D eigenvalue weighted by molar-refractivity contribution is -0.115. The molecule has 1 aromatic carbocycles. The van der Waals surface area contributed by atoms with E-state index >= 15 is 0 Å². The van der Waals surface area contributed by atoms with Crippen LogP contribution in [0.25, 0.3) is 0 Å². The van der Waals surface area contributed by atoms with E-state index in [1.807, 2.05) is 6.92 Å². The first-order valence-electron chi connectivity index (χ1n) is 5.89. The van der Waals surface area contributed by atoms with Crippen LogP contribution in [-0.2, 0) is 4.79 Å². The van der Waals surface area contributed by atoms with E-state index in [-0.39, 0.29) is 5.91 Å². The molecule has 0 saturated carbocycles. The Labute approximate surface area is 106 Å². The first-order chi connectivity index (χ1) is 8.43. The van der Waals surface area contributed by atoms with Crippen LogP contribution in [-0.4, -0.2) is 18.4 Å². The van der Waals surface area contributed by atoms with Crippen molar-refractivity contribution in [2.45, 2.75) is 39.7 Å². The second-order valence-corrected chi connectivity index (χ2v) is 4.20. The van der Waals surface area contributed by atoms with E-state index in [4.69, 9.17) is 0 Å². The summed E-state index contributed by atoms with van der Waals surface area (Å²) in [7, 11) is 0. The number of hydrogen-bond donors (Lipinski definition) is 2. The standard InChI is InChI=1S/C13H18F2N2O/c1-4-12(18)17-10-6-5-8(2)11(7-10)16-9(3)13(14)15/h5-7,9,13,16H,4H2,1-3H3,(H,17,18). The van der Waals surface area contributed by atoms with Gasteiger partial charge in [0.2, 0.25) is 5.91 Å². The van der Waals surface area contributed by atoms with Crippen LogP contribution in [0.15, 0.2) is 18.2 Å². The molecule has 2 N–H and O–H groups in total. The van der Waals surface area contributed by atoms with Crippen LogP contribution in [0.3, 0.4) is 0 Å². The molecule has 0 heterocycles. The molecule has 0 aliphatic carbocycles. The Morgan fingerprint density at radius 2 is 2.06 bits per heavy atom. The molecule has 5 heteroatoms. The fourth-order valence-electron chi connectivity index (χ4n) is 1.41. The molecule has 0 aliphatic rings. The van der Waals surface area contributed by atoms with Crippen molar-refractivity contribution in [1.82, 2.24) is 0 Å². The highest BCUT2D eigenvalue weighted by molar-refractivity contribution is 5.91. The van der Waals surface area contributed by atoms with Crippen LogP contribution in [0.2, 0.25) is 0 Å². The van der Waals surface area contributed by atoms with Gasteiger partial charge in [0.15, 0.2) is 0 Å². The molecule has 1 unspecified atom stereocenters. The van der Waals surface area contributed by atoms with Gasteiger partial charge in [0.05, 0.1) is 6.04 Å². The topological polar surface area (TPSA) is 41.1 Å². The molecule has 18 heavy (non-hydrogen) atoms. The van der Waals surface area contributed by atoms with Crippen molar-refractivity contribution in [3.05, 3.63) is 23.8 Å². The minimum absolute atomic E-state index is 0.105. The monoisotopic (exact) mass is 256 g/mol. The number of aryl methyl sites for hydroxylation is 1. The van der Waals surface area contributed by atoms with Crippen LogP contribution in [0.4, 0.5) is 20.2 Å². The summed E-state index contributed by atoms with van der Waals surface area (Å²) in [6, 6.07) is 4.27. The Kier molecular flexibility index (Phi) is 5.07. The van der Waals surface area contributed by atoms with Gasteiger partial charge >= 0.3 is 0 Å². The zero-order valence-electron chi connectivity index (χ0n) is 10.8. The number of benzene rings is 1. The van der Waals surface area contributed by atoms with Gasteiger partial charge in [-0.1, -0.05) is 13.0 Å². The van der Waals surface area contributed by atoms with Crippen molar-refractivity contribution >= 4 is 17.3 Å². The van der Waals surface area contributed by atoms with Crippen molar-refractivity contribution < 1.29 is 13.6 Å². The molecule has 1 rings (SSSR count). The zero-order chi connectivity index (χ0) is 13.7. The van der Waals surface area contributed by atoms with Crippen molar-refractivity contribution in [2.24, 2.45) is 0 Å². The molecule has 0 aliphatic heterocycles. The molecule has 1 aromatic rings. The van der Waals surface area contributed by atoms with Gasteiger partial charge in [-0.05, 0) is 31.5 Å². The third-order valence-electron chi connectivity index (χ3n) is 2.60.